The van der Waals surface area contributed by atoms with Crippen molar-refractivity contribution in [3.8, 4) is 33.6 Å². The van der Waals surface area contributed by atoms with Crippen LogP contribution in [-0.4, -0.2) is 74.4 Å². The van der Waals surface area contributed by atoms with Crippen LogP contribution < -0.4 is 18.9 Å². The van der Waals surface area contributed by atoms with Gasteiger partial charge >= 0.3 is 0 Å². The Kier molecular flexibility index (Phi) is 9.47. The van der Waals surface area contributed by atoms with Gasteiger partial charge in [0.05, 0.1) is 30.1 Å². The second kappa shape index (κ2) is 14.2. The summed E-state index contributed by atoms with van der Waals surface area (Å²) in [6.07, 6.45) is 0.461. The van der Waals surface area contributed by atoms with Gasteiger partial charge in [0.15, 0.2) is 17.6 Å². The fraction of sp³-hybridized carbons (Fsp3) is 0.316. The van der Waals surface area contributed by atoms with Gasteiger partial charge in [-0.05, 0) is 91.2 Å². The maximum absolute atomic E-state index is 6.31. The molecule has 7 rings (SSSR count). The number of benzene rings is 4. The van der Waals surface area contributed by atoms with Gasteiger partial charge in [0.2, 0.25) is 0 Å². The Bertz CT molecular complexity index is 1880. The Morgan fingerprint density at radius 2 is 1.50 bits per heavy atom. The van der Waals surface area contributed by atoms with Gasteiger partial charge in [0.1, 0.15) is 30.0 Å². The topological polar surface area (TPSA) is 77.9 Å². The van der Waals surface area contributed by atoms with Crippen molar-refractivity contribution in [2.45, 2.75) is 26.4 Å². The van der Waals surface area contributed by atoms with Gasteiger partial charge in [-0.3, -0.25) is 9.80 Å². The van der Waals surface area contributed by atoms with E-state index in [1.165, 1.54) is 4.70 Å². The van der Waals surface area contributed by atoms with Crippen molar-refractivity contribution in [1.29, 1.82) is 0 Å². The summed E-state index contributed by atoms with van der Waals surface area (Å²) in [6.45, 7) is 8.71. The minimum atomic E-state index is -0.201. The van der Waals surface area contributed by atoms with E-state index in [4.69, 9.17) is 28.8 Å². The number of piperazine rings is 1. The van der Waals surface area contributed by atoms with E-state index in [2.05, 4.69) is 59.1 Å². The van der Waals surface area contributed by atoms with Crippen LogP contribution in [0.25, 0.3) is 20.8 Å². The molecule has 3 heterocycles. The molecular weight excluding hydrogens is 625 g/mol. The number of thiazole rings is 1. The summed E-state index contributed by atoms with van der Waals surface area (Å²) in [4.78, 5) is 15.3. The summed E-state index contributed by atoms with van der Waals surface area (Å²) >= 11 is 1.71. The van der Waals surface area contributed by atoms with Crippen LogP contribution in [0.2, 0.25) is 0 Å². The van der Waals surface area contributed by atoms with Crippen LogP contribution in [0.15, 0.2) is 84.0 Å². The van der Waals surface area contributed by atoms with Crippen LogP contribution >= 0.6 is 11.3 Å². The largest absolute Gasteiger partial charge is 0.496 e. The zero-order valence-corrected chi connectivity index (χ0v) is 28.6. The fourth-order valence-corrected chi connectivity index (χ4v) is 6.97. The highest BCUT2D eigenvalue weighted by atomic mass is 32.1. The summed E-state index contributed by atoms with van der Waals surface area (Å²) in [5.41, 5.74) is 7.35. The number of rotatable bonds is 11. The molecule has 0 bridgehead atoms. The summed E-state index contributed by atoms with van der Waals surface area (Å²) in [5, 5.41) is 5.45. The monoisotopic (exact) mass is 664 g/mol. The zero-order chi connectivity index (χ0) is 33.0. The Morgan fingerprint density at radius 3 is 2.23 bits per heavy atom. The van der Waals surface area contributed by atoms with Crippen LogP contribution in [-0.2, 0) is 4.84 Å². The van der Waals surface area contributed by atoms with Crippen LogP contribution in [0.5, 0.6) is 23.0 Å². The summed E-state index contributed by atoms with van der Waals surface area (Å²) in [5.74, 6) is 3.10. The minimum Gasteiger partial charge on any atom is -0.496 e. The minimum absolute atomic E-state index is 0.201. The van der Waals surface area contributed by atoms with Crippen molar-refractivity contribution in [3.05, 3.63) is 101 Å². The molecular formula is C38H40N4O5S. The molecule has 5 aromatic rings. The third kappa shape index (κ3) is 6.96. The van der Waals surface area contributed by atoms with Crippen LogP contribution in [0, 0.1) is 13.8 Å². The fourth-order valence-electron chi connectivity index (χ4n) is 6.00. The molecule has 2 aliphatic rings. The lowest BCUT2D eigenvalue weighted by Gasteiger charge is -2.34. The molecule has 1 atom stereocenters. The maximum Gasteiger partial charge on any atom is 0.163 e. The predicted octanol–water partition coefficient (Wildman–Crippen LogP) is 7.45. The number of hydrogen-bond acceptors (Lipinski definition) is 10. The first-order chi connectivity index (χ1) is 23.5. The highest BCUT2D eigenvalue weighted by Crippen LogP contribution is 2.37. The predicted molar refractivity (Wildman–Crippen MR) is 190 cm³/mol. The maximum atomic E-state index is 6.31. The molecule has 0 amide bonds. The van der Waals surface area contributed by atoms with Gasteiger partial charge in [0, 0.05) is 43.7 Å². The van der Waals surface area contributed by atoms with E-state index in [-0.39, 0.29) is 6.10 Å². The van der Waals surface area contributed by atoms with E-state index in [0.29, 0.717) is 31.4 Å². The van der Waals surface area contributed by atoms with Crippen LogP contribution in [0.3, 0.4) is 0 Å². The number of fused-ring (bicyclic) bond motifs is 1. The highest BCUT2D eigenvalue weighted by Gasteiger charge is 2.26. The molecule has 0 saturated carbocycles. The van der Waals surface area contributed by atoms with Gasteiger partial charge in [0.25, 0.3) is 0 Å². The van der Waals surface area contributed by atoms with Gasteiger partial charge in [-0.1, -0.05) is 23.4 Å². The smallest absolute Gasteiger partial charge is 0.163 e. The second-order valence-electron chi connectivity index (χ2n) is 12.2. The molecule has 0 N–H and O–H groups in total. The molecule has 1 unspecified atom stereocenters. The zero-order valence-electron chi connectivity index (χ0n) is 27.8. The average molecular weight is 665 g/mol. The number of hydrogen-bond donors (Lipinski definition) is 0. The van der Waals surface area contributed by atoms with E-state index in [1.54, 1.807) is 25.6 Å². The highest BCUT2D eigenvalue weighted by molar-refractivity contribution is 7.21. The number of oxime groups is 1. The van der Waals surface area contributed by atoms with Crippen LogP contribution in [0.1, 0.15) is 34.8 Å². The van der Waals surface area contributed by atoms with E-state index < -0.39 is 0 Å². The SMILES string of the molecule is COc1ccc(C2CC(c3cc(C)c(C)c(OC)c3)=NO2)cc1OCN1CCN(COc2ccc(-c3nc4ccccc4s3)cc2)CC1. The van der Waals surface area contributed by atoms with Crippen molar-refractivity contribution in [2.75, 3.05) is 53.9 Å². The molecule has 1 fully saturated rings. The number of para-hydroxylation sites is 1. The number of methoxy groups -OCH3 is 2. The molecule has 4 aromatic carbocycles. The molecule has 10 heteroatoms. The molecule has 48 heavy (non-hydrogen) atoms. The molecule has 0 spiro atoms. The van der Waals surface area contributed by atoms with Gasteiger partial charge in [-0.2, -0.15) is 0 Å². The molecule has 1 saturated heterocycles. The lowest BCUT2D eigenvalue weighted by molar-refractivity contribution is 0.0323. The summed E-state index contributed by atoms with van der Waals surface area (Å²) < 4.78 is 24.8. The van der Waals surface area contributed by atoms with Gasteiger partial charge in [-0.15, -0.1) is 11.3 Å². The number of aryl methyl sites for hydroxylation is 1. The van der Waals surface area contributed by atoms with Crippen molar-refractivity contribution < 1.29 is 23.8 Å². The van der Waals surface area contributed by atoms with Crippen molar-refractivity contribution in [2.24, 2.45) is 5.16 Å². The Hall–Kier alpha value is -4.64. The molecule has 0 radical (unpaired) electrons. The Labute approximate surface area is 285 Å². The third-order valence-electron chi connectivity index (χ3n) is 9.08. The lowest BCUT2D eigenvalue weighted by Crippen LogP contribution is -2.48. The van der Waals surface area contributed by atoms with Crippen molar-refractivity contribution >= 4 is 27.3 Å². The Balaban J connectivity index is 0.890. The second-order valence-corrected chi connectivity index (χ2v) is 13.2. The quantitative estimate of drug-likeness (QED) is 0.144. The third-order valence-corrected chi connectivity index (χ3v) is 10.2. The number of nitrogens with zero attached hydrogens (tertiary/aromatic N) is 4. The summed E-state index contributed by atoms with van der Waals surface area (Å²) in [7, 11) is 3.36. The standard InChI is InChI=1S/C38H40N4O5S/c1-25-19-29(21-34(44-4)26(25)2)32-22-35(47-40-32)28-11-14-33(43-3)36(20-28)46-24-42-17-15-41(16-18-42)23-45-30-12-9-27(10-13-30)38-39-31-7-5-6-8-37(31)48-38/h5-14,19-21,35H,15-18,22-24H2,1-4H3. The molecule has 248 valence electrons. The molecule has 9 nitrogen and oxygen atoms in total. The lowest BCUT2D eigenvalue weighted by atomic mass is 9.97. The van der Waals surface area contributed by atoms with Crippen LogP contribution in [0.4, 0.5) is 0 Å². The van der Waals surface area contributed by atoms with E-state index in [9.17, 15) is 0 Å². The normalized spacial score (nSPS) is 16.8. The number of aromatic nitrogens is 1. The van der Waals surface area contributed by atoms with Crippen molar-refractivity contribution in [1.82, 2.24) is 14.8 Å². The van der Waals surface area contributed by atoms with E-state index in [1.807, 2.05) is 48.5 Å². The van der Waals surface area contributed by atoms with E-state index >= 15 is 0 Å². The van der Waals surface area contributed by atoms with Gasteiger partial charge in [-0.25, -0.2) is 4.98 Å². The number of ether oxygens (including phenoxy) is 4. The molecule has 1 aromatic heterocycles. The molecule has 0 aliphatic carbocycles. The van der Waals surface area contributed by atoms with Crippen molar-refractivity contribution in [3.63, 3.8) is 0 Å². The first-order valence-electron chi connectivity index (χ1n) is 16.2. The summed E-state index contributed by atoms with van der Waals surface area (Å²) in [6, 6.07) is 26.6. The van der Waals surface area contributed by atoms with Gasteiger partial charge < -0.3 is 23.8 Å². The Morgan fingerprint density at radius 1 is 0.771 bits per heavy atom. The van der Waals surface area contributed by atoms with E-state index in [0.717, 1.165) is 81.7 Å². The first kappa shape index (κ1) is 31.9. The first-order valence-corrected chi connectivity index (χ1v) is 17.0. The molecule has 2 aliphatic heterocycles. The average Bonchev–Trinajstić information content (AvgIpc) is 3.80.